The van der Waals surface area contributed by atoms with Crippen LogP contribution in [0.25, 0.3) is 0 Å². The summed E-state index contributed by atoms with van der Waals surface area (Å²) in [7, 11) is 0. The van der Waals surface area contributed by atoms with Crippen LogP contribution in [0.2, 0.25) is 0 Å². The van der Waals surface area contributed by atoms with Crippen LogP contribution >= 0.6 is 0 Å². The molecule has 3 aliphatic rings. The molecule has 0 aliphatic carbocycles. The molecule has 3 aliphatic heterocycles. The molecular weight excluding hydrogens is 314 g/mol. The van der Waals surface area contributed by atoms with Gasteiger partial charge in [-0.25, -0.2) is 0 Å². The Bertz CT molecular complexity index is 525. The number of nitrogens with one attached hydrogen (secondary N) is 1. The van der Waals surface area contributed by atoms with Crippen molar-refractivity contribution >= 4 is 0 Å². The highest BCUT2D eigenvalue weighted by atomic mass is 16.5. The second-order valence-corrected chi connectivity index (χ2v) is 8.45. The molecule has 1 aromatic rings. The first-order chi connectivity index (χ1) is 12.2. The van der Waals surface area contributed by atoms with Gasteiger partial charge in [0, 0.05) is 44.3 Å². The molecule has 25 heavy (non-hydrogen) atoms. The van der Waals surface area contributed by atoms with Crippen LogP contribution in [0.5, 0.6) is 0 Å². The van der Waals surface area contributed by atoms with E-state index in [9.17, 15) is 0 Å². The molecular formula is C20H33N3O2. The number of furan rings is 1. The summed E-state index contributed by atoms with van der Waals surface area (Å²) in [6.45, 7) is 11.1. The molecule has 4 rings (SSSR count). The van der Waals surface area contributed by atoms with Crippen LogP contribution in [0.1, 0.15) is 38.9 Å². The second-order valence-electron chi connectivity index (χ2n) is 8.45. The normalized spacial score (nSPS) is 32.4. The summed E-state index contributed by atoms with van der Waals surface area (Å²) < 4.78 is 11.5. The number of rotatable bonds is 5. The fourth-order valence-electron chi connectivity index (χ4n) is 4.64. The summed E-state index contributed by atoms with van der Waals surface area (Å²) >= 11 is 0. The SMILES string of the molecule is CC(C)[C@@H]1CN2C[C@@H](NC3CCN(Cc4ccco4)CC3)C[C@H]2CO1. The number of likely N-dealkylation sites (tertiary alicyclic amines) is 1. The van der Waals surface area contributed by atoms with E-state index in [0.29, 0.717) is 30.1 Å². The average molecular weight is 348 g/mol. The molecule has 1 aromatic heterocycles. The smallest absolute Gasteiger partial charge is 0.117 e. The Morgan fingerprint density at radius 3 is 2.76 bits per heavy atom. The van der Waals surface area contributed by atoms with Gasteiger partial charge in [-0.15, -0.1) is 0 Å². The standard InChI is InChI=1S/C20H33N3O2/c1-15(2)20-13-23-11-17(10-18(23)14-25-20)21-16-5-7-22(8-6-16)12-19-4-3-9-24-19/h3-4,9,15-18,20-21H,5-8,10-14H2,1-2H3/t17-,18-,20-/m0/s1. The first-order valence-corrected chi connectivity index (χ1v) is 10.0. The fraction of sp³-hybridized carbons (Fsp3) is 0.800. The fourth-order valence-corrected chi connectivity index (χ4v) is 4.64. The van der Waals surface area contributed by atoms with Crippen LogP contribution in [0, 0.1) is 5.92 Å². The molecule has 0 bridgehead atoms. The van der Waals surface area contributed by atoms with Gasteiger partial charge in [-0.3, -0.25) is 9.80 Å². The molecule has 0 radical (unpaired) electrons. The maximum Gasteiger partial charge on any atom is 0.117 e. The van der Waals surface area contributed by atoms with Crippen LogP contribution in [0.15, 0.2) is 22.8 Å². The molecule has 4 heterocycles. The third-order valence-electron chi connectivity index (χ3n) is 6.21. The number of fused-ring (bicyclic) bond motifs is 1. The Balaban J connectivity index is 1.21. The van der Waals surface area contributed by atoms with E-state index in [0.717, 1.165) is 38.5 Å². The average Bonchev–Trinajstić information content (AvgIpc) is 3.24. The number of hydrogen-bond acceptors (Lipinski definition) is 5. The molecule has 0 saturated carbocycles. The summed E-state index contributed by atoms with van der Waals surface area (Å²) in [5, 5.41) is 3.95. The molecule has 0 unspecified atom stereocenters. The van der Waals surface area contributed by atoms with Gasteiger partial charge in [0.05, 0.1) is 25.5 Å². The van der Waals surface area contributed by atoms with Crippen LogP contribution in [0.3, 0.4) is 0 Å². The Labute approximate surface area is 151 Å². The van der Waals surface area contributed by atoms with E-state index in [1.54, 1.807) is 6.26 Å². The first kappa shape index (κ1) is 17.5. The van der Waals surface area contributed by atoms with Crippen LogP contribution in [0.4, 0.5) is 0 Å². The van der Waals surface area contributed by atoms with E-state index in [4.69, 9.17) is 9.15 Å². The van der Waals surface area contributed by atoms with Crippen molar-refractivity contribution in [1.29, 1.82) is 0 Å². The van der Waals surface area contributed by atoms with E-state index < -0.39 is 0 Å². The Kier molecular flexibility index (Phi) is 5.46. The summed E-state index contributed by atoms with van der Waals surface area (Å²) in [4.78, 5) is 5.17. The van der Waals surface area contributed by atoms with Crippen LogP contribution in [-0.4, -0.2) is 66.8 Å². The zero-order valence-corrected chi connectivity index (χ0v) is 15.7. The van der Waals surface area contributed by atoms with Gasteiger partial charge in [-0.1, -0.05) is 13.8 Å². The monoisotopic (exact) mass is 347 g/mol. The van der Waals surface area contributed by atoms with Gasteiger partial charge in [0.2, 0.25) is 0 Å². The number of nitrogens with zero attached hydrogens (tertiary/aromatic N) is 2. The predicted octanol–water partition coefficient (Wildman–Crippen LogP) is 2.33. The minimum Gasteiger partial charge on any atom is -0.468 e. The van der Waals surface area contributed by atoms with Crippen molar-refractivity contribution in [3.63, 3.8) is 0 Å². The Morgan fingerprint density at radius 1 is 1.20 bits per heavy atom. The molecule has 140 valence electrons. The van der Waals surface area contributed by atoms with Gasteiger partial charge in [-0.05, 0) is 37.3 Å². The lowest BCUT2D eigenvalue weighted by Crippen LogP contribution is -2.48. The maximum absolute atomic E-state index is 6.07. The number of ether oxygens (including phenoxy) is 1. The van der Waals surface area contributed by atoms with Gasteiger partial charge < -0.3 is 14.5 Å². The lowest BCUT2D eigenvalue weighted by atomic mass is 10.0. The van der Waals surface area contributed by atoms with Crippen molar-refractivity contribution in [2.75, 3.05) is 32.8 Å². The highest BCUT2D eigenvalue weighted by Crippen LogP contribution is 2.26. The lowest BCUT2D eigenvalue weighted by Gasteiger charge is -2.36. The maximum atomic E-state index is 6.07. The summed E-state index contributed by atoms with van der Waals surface area (Å²) in [6.07, 6.45) is 5.92. The summed E-state index contributed by atoms with van der Waals surface area (Å²) in [5.74, 6) is 1.70. The highest BCUT2D eigenvalue weighted by Gasteiger charge is 2.38. The molecule has 5 nitrogen and oxygen atoms in total. The van der Waals surface area contributed by atoms with E-state index in [-0.39, 0.29) is 0 Å². The van der Waals surface area contributed by atoms with Crippen LogP contribution < -0.4 is 5.32 Å². The van der Waals surface area contributed by atoms with E-state index in [1.807, 2.05) is 6.07 Å². The van der Waals surface area contributed by atoms with Crippen molar-refractivity contribution < 1.29 is 9.15 Å². The number of hydrogen-bond donors (Lipinski definition) is 1. The van der Waals surface area contributed by atoms with Crippen molar-refractivity contribution in [2.45, 2.75) is 63.9 Å². The second kappa shape index (κ2) is 7.78. The highest BCUT2D eigenvalue weighted by molar-refractivity contribution is 4.99. The van der Waals surface area contributed by atoms with Crippen molar-refractivity contribution in [1.82, 2.24) is 15.1 Å². The van der Waals surface area contributed by atoms with Gasteiger partial charge in [0.25, 0.3) is 0 Å². The molecule has 0 amide bonds. The van der Waals surface area contributed by atoms with E-state index >= 15 is 0 Å². The van der Waals surface area contributed by atoms with Crippen molar-refractivity contribution in [2.24, 2.45) is 5.92 Å². The Morgan fingerprint density at radius 2 is 2.04 bits per heavy atom. The molecule has 0 spiro atoms. The zero-order chi connectivity index (χ0) is 17.2. The lowest BCUT2D eigenvalue weighted by molar-refractivity contribution is -0.0683. The first-order valence-electron chi connectivity index (χ1n) is 10.0. The molecule has 5 heteroatoms. The van der Waals surface area contributed by atoms with Gasteiger partial charge in [0.1, 0.15) is 5.76 Å². The minimum atomic E-state index is 0.417. The van der Waals surface area contributed by atoms with Gasteiger partial charge in [-0.2, -0.15) is 0 Å². The van der Waals surface area contributed by atoms with E-state index in [1.165, 1.54) is 25.8 Å². The minimum absolute atomic E-state index is 0.417. The van der Waals surface area contributed by atoms with Crippen molar-refractivity contribution in [3.8, 4) is 0 Å². The Hall–Kier alpha value is -0.880. The van der Waals surface area contributed by atoms with Gasteiger partial charge >= 0.3 is 0 Å². The quantitative estimate of drug-likeness (QED) is 0.885. The van der Waals surface area contributed by atoms with Crippen molar-refractivity contribution in [3.05, 3.63) is 24.2 Å². The third-order valence-corrected chi connectivity index (χ3v) is 6.21. The number of piperidine rings is 1. The largest absolute Gasteiger partial charge is 0.468 e. The molecule has 3 fully saturated rings. The van der Waals surface area contributed by atoms with Gasteiger partial charge in [0.15, 0.2) is 0 Å². The summed E-state index contributed by atoms with van der Waals surface area (Å²) in [5.41, 5.74) is 0. The molecule has 3 saturated heterocycles. The molecule has 3 atom stereocenters. The van der Waals surface area contributed by atoms with Crippen LogP contribution in [-0.2, 0) is 11.3 Å². The predicted molar refractivity (Wildman–Crippen MR) is 98.5 cm³/mol. The third kappa shape index (κ3) is 4.27. The summed E-state index contributed by atoms with van der Waals surface area (Å²) in [6, 6.07) is 5.99. The molecule has 0 aromatic carbocycles. The zero-order valence-electron chi connectivity index (χ0n) is 15.7. The topological polar surface area (TPSA) is 40.9 Å². The molecule has 1 N–H and O–H groups in total. The number of morpholine rings is 1. The van der Waals surface area contributed by atoms with E-state index in [2.05, 4.69) is 35.0 Å².